The van der Waals surface area contributed by atoms with E-state index in [2.05, 4.69) is 10.3 Å². The monoisotopic (exact) mass is 297 g/mol. The number of aryl methyl sites for hydroxylation is 1. The molecule has 0 bridgehead atoms. The molecule has 0 aliphatic carbocycles. The normalized spacial score (nSPS) is 10.1. The molecule has 2 rings (SSSR count). The number of benzene rings is 1. The number of likely N-dealkylation sites (N-methyl/N-ethyl adjacent to an activating group) is 1. The number of hydrogen-bond acceptors (Lipinski definition) is 3. The van der Waals surface area contributed by atoms with Gasteiger partial charge >= 0.3 is 0 Å². The third-order valence-corrected chi connectivity index (χ3v) is 3.30. The molecule has 0 unspecified atom stereocenters. The molecule has 1 N–H and O–H groups in total. The van der Waals surface area contributed by atoms with Gasteiger partial charge in [0, 0.05) is 19.7 Å². The molecule has 0 fully saturated rings. The molecule has 0 radical (unpaired) electrons. The lowest BCUT2D eigenvalue weighted by molar-refractivity contribution is -0.127. The van der Waals surface area contributed by atoms with Gasteiger partial charge in [-0.3, -0.25) is 14.6 Å². The molecule has 5 heteroatoms. The highest BCUT2D eigenvalue weighted by molar-refractivity contribution is 5.97. The first-order valence-electron chi connectivity index (χ1n) is 7.00. The zero-order chi connectivity index (χ0) is 16.1. The van der Waals surface area contributed by atoms with Gasteiger partial charge in [-0.2, -0.15) is 0 Å². The van der Waals surface area contributed by atoms with Gasteiger partial charge in [-0.25, -0.2) is 0 Å². The first-order valence-corrected chi connectivity index (χ1v) is 7.00. The molecule has 2 aromatic rings. The number of carbonyl (C=O) groups excluding carboxylic acids is 2. The molecule has 1 aromatic carbocycles. The van der Waals surface area contributed by atoms with Gasteiger partial charge in [0.25, 0.3) is 5.91 Å². The third-order valence-electron chi connectivity index (χ3n) is 3.30. The molecule has 5 nitrogen and oxygen atoms in total. The van der Waals surface area contributed by atoms with Crippen LogP contribution in [-0.2, 0) is 4.79 Å². The molecular weight excluding hydrogens is 278 g/mol. The first-order chi connectivity index (χ1) is 10.5. The minimum absolute atomic E-state index is 0.0221. The molecule has 1 heterocycles. The van der Waals surface area contributed by atoms with E-state index in [4.69, 9.17) is 0 Å². The molecule has 2 amide bonds. The maximum atomic E-state index is 12.1. The summed E-state index contributed by atoms with van der Waals surface area (Å²) in [5, 5.41) is 2.61. The van der Waals surface area contributed by atoms with Gasteiger partial charge in [-0.05, 0) is 19.1 Å². The smallest absolute Gasteiger partial charge is 0.253 e. The zero-order valence-electron chi connectivity index (χ0n) is 13.0. The highest BCUT2D eigenvalue weighted by atomic mass is 16.2. The van der Waals surface area contributed by atoms with Crippen molar-refractivity contribution < 1.29 is 9.59 Å². The zero-order valence-corrected chi connectivity index (χ0v) is 13.0. The molecule has 0 saturated heterocycles. The Morgan fingerprint density at radius 2 is 1.77 bits per heavy atom. The fourth-order valence-electron chi connectivity index (χ4n) is 1.98. The second kappa shape index (κ2) is 6.85. The van der Waals surface area contributed by atoms with Crippen molar-refractivity contribution in [1.29, 1.82) is 0 Å². The largest absolute Gasteiger partial charge is 0.347 e. The van der Waals surface area contributed by atoms with Crippen molar-refractivity contribution in [2.24, 2.45) is 0 Å². The van der Waals surface area contributed by atoms with Crippen molar-refractivity contribution in [3.63, 3.8) is 0 Å². The minimum Gasteiger partial charge on any atom is -0.347 e. The highest BCUT2D eigenvalue weighted by Gasteiger charge is 2.13. The van der Waals surface area contributed by atoms with E-state index < -0.39 is 0 Å². The highest BCUT2D eigenvalue weighted by Crippen LogP contribution is 2.18. The number of pyridine rings is 1. The van der Waals surface area contributed by atoms with Gasteiger partial charge in [-0.1, -0.05) is 30.3 Å². The van der Waals surface area contributed by atoms with Crippen LogP contribution in [0.5, 0.6) is 0 Å². The third kappa shape index (κ3) is 3.69. The molecule has 0 aliphatic heterocycles. The molecule has 1 aromatic heterocycles. The van der Waals surface area contributed by atoms with Crippen molar-refractivity contribution in [2.45, 2.75) is 6.92 Å². The molecule has 0 atom stereocenters. The van der Waals surface area contributed by atoms with Gasteiger partial charge in [-0.15, -0.1) is 0 Å². The summed E-state index contributed by atoms with van der Waals surface area (Å²) in [6.45, 7) is 1.76. The lowest BCUT2D eigenvalue weighted by Crippen LogP contribution is -2.36. The number of nitrogens with zero attached hydrogens (tertiary/aromatic N) is 2. The molecule has 0 saturated carbocycles. The number of hydrogen-bond donors (Lipinski definition) is 1. The van der Waals surface area contributed by atoms with Crippen LogP contribution in [-0.4, -0.2) is 42.3 Å². The number of rotatable bonds is 4. The van der Waals surface area contributed by atoms with Gasteiger partial charge in [0.2, 0.25) is 5.91 Å². The summed E-state index contributed by atoms with van der Waals surface area (Å²) in [6, 6.07) is 13.3. The number of nitrogens with one attached hydrogen (secondary N) is 1. The Bertz CT molecular complexity index is 682. The van der Waals surface area contributed by atoms with Crippen LogP contribution in [0.3, 0.4) is 0 Å². The fourth-order valence-corrected chi connectivity index (χ4v) is 1.98. The molecule has 114 valence electrons. The van der Waals surface area contributed by atoms with Crippen LogP contribution < -0.4 is 5.32 Å². The van der Waals surface area contributed by atoms with E-state index in [0.717, 1.165) is 11.3 Å². The van der Waals surface area contributed by atoms with E-state index in [-0.39, 0.29) is 18.4 Å². The van der Waals surface area contributed by atoms with Crippen LogP contribution in [0.25, 0.3) is 11.3 Å². The maximum Gasteiger partial charge on any atom is 0.253 e. The van der Waals surface area contributed by atoms with E-state index in [1.807, 2.05) is 36.4 Å². The SMILES string of the molecule is Cc1nc(-c2ccccc2)ccc1C(=O)NCC(=O)N(C)C. The standard InChI is InChI=1S/C17H19N3O2/c1-12-14(17(22)18-11-16(21)20(2)3)9-10-15(19-12)13-7-5-4-6-8-13/h4-10H,11H2,1-3H3,(H,18,22). The molecule has 0 spiro atoms. The van der Waals surface area contributed by atoms with Gasteiger partial charge < -0.3 is 10.2 Å². The summed E-state index contributed by atoms with van der Waals surface area (Å²) in [5.74, 6) is -0.445. The lowest BCUT2D eigenvalue weighted by Gasteiger charge is -2.12. The fraction of sp³-hybridized carbons (Fsp3) is 0.235. The van der Waals surface area contributed by atoms with Crippen LogP contribution in [0.2, 0.25) is 0 Å². The Morgan fingerprint density at radius 3 is 2.36 bits per heavy atom. The topological polar surface area (TPSA) is 62.3 Å². The van der Waals surface area contributed by atoms with Gasteiger partial charge in [0.1, 0.15) is 0 Å². The summed E-state index contributed by atoms with van der Waals surface area (Å²) in [7, 11) is 3.30. The second-order valence-corrected chi connectivity index (χ2v) is 5.17. The molecule has 22 heavy (non-hydrogen) atoms. The Kier molecular flexibility index (Phi) is 4.88. The van der Waals surface area contributed by atoms with Crippen LogP contribution in [0.15, 0.2) is 42.5 Å². The summed E-state index contributed by atoms with van der Waals surface area (Å²) in [5.41, 5.74) is 2.93. The quantitative estimate of drug-likeness (QED) is 0.937. The van der Waals surface area contributed by atoms with E-state index in [1.54, 1.807) is 27.1 Å². The van der Waals surface area contributed by atoms with Crippen molar-refractivity contribution in [3.8, 4) is 11.3 Å². The summed E-state index contributed by atoms with van der Waals surface area (Å²) in [6.07, 6.45) is 0. The van der Waals surface area contributed by atoms with E-state index in [9.17, 15) is 9.59 Å². The maximum absolute atomic E-state index is 12.1. The van der Waals surface area contributed by atoms with Crippen LogP contribution in [0.4, 0.5) is 0 Å². The summed E-state index contributed by atoms with van der Waals surface area (Å²) >= 11 is 0. The van der Waals surface area contributed by atoms with E-state index in [0.29, 0.717) is 11.3 Å². The Hall–Kier alpha value is -2.69. The van der Waals surface area contributed by atoms with Gasteiger partial charge in [0.15, 0.2) is 0 Å². The Morgan fingerprint density at radius 1 is 1.09 bits per heavy atom. The lowest BCUT2D eigenvalue weighted by atomic mass is 10.1. The van der Waals surface area contributed by atoms with Crippen LogP contribution >= 0.6 is 0 Å². The van der Waals surface area contributed by atoms with E-state index >= 15 is 0 Å². The van der Waals surface area contributed by atoms with Crippen molar-refractivity contribution in [3.05, 3.63) is 53.7 Å². The van der Waals surface area contributed by atoms with Crippen molar-refractivity contribution in [2.75, 3.05) is 20.6 Å². The Balaban J connectivity index is 2.13. The van der Waals surface area contributed by atoms with Crippen molar-refractivity contribution in [1.82, 2.24) is 15.2 Å². The number of amides is 2. The predicted molar refractivity (Wildman–Crippen MR) is 85.4 cm³/mol. The summed E-state index contributed by atoms with van der Waals surface area (Å²) in [4.78, 5) is 29.5. The minimum atomic E-state index is -0.292. The number of aromatic nitrogens is 1. The van der Waals surface area contributed by atoms with Gasteiger partial charge in [0.05, 0.1) is 23.5 Å². The molecular formula is C17H19N3O2. The Labute approximate surface area is 130 Å². The van der Waals surface area contributed by atoms with Crippen LogP contribution in [0.1, 0.15) is 16.1 Å². The average molecular weight is 297 g/mol. The molecule has 0 aliphatic rings. The van der Waals surface area contributed by atoms with E-state index in [1.165, 1.54) is 4.90 Å². The predicted octanol–water partition coefficient (Wildman–Crippen LogP) is 1.88. The number of carbonyl (C=O) groups is 2. The first kappa shape index (κ1) is 15.7. The second-order valence-electron chi connectivity index (χ2n) is 5.17. The van der Waals surface area contributed by atoms with Crippen molar-refractivity contribution >= 4 is 11.8 Å². The average Bonchev–Trinajstić information content (AvgIpc) is 2.52. The van der Waals surface area contributed by atoms with Crippen LogP contribution in [0, 0.1) is 6.92 Å². The summed E-state index contributed by atoms with van der Waals surface area (Å²) < 4.78 is 0.